The van der Waals surface area contributed by atoms with Gasteiger partial charge in [-0.3, -0.25) is 9.48 Å². The van der Waals surface area contributed by atoms with Crippen molar-refractivity contribution in [3.8, 4) is 6.07 Å². The van der Waals surface area contributed by atoms with Crippen molar-refractivity contribution in [1.82, 2.24) is 24.9 Å². The van der Waals surface area contributed by atoms with Crippen molar-refractivity contribution in [2.24, 2.45) is 0 Å². The second kappa shape index (κ2) is 10.6. The highest BCUT2D eigenvalue weighted by atomic mass is 16.3. The molecule has 1 aromatic heterocycles. The number of likely N-dealkylation sites (tertiary alicyclic amines) is 1. The summed E-state index contributed by atoms with van der Waals surface area (Å²) >= 11 is 0. The molecule has 1 atom stereocenters. The Bertz CT molecular complexity index is 951. The zero-order chi connectivity index (χ0) is 22.2. The molecule has 1 aromatic carbocycles. The Morgan fingerprint density at radius 3 is 2.87 bits per heavy atom. The summed E-state index contributed by atoms with van der Waals surface area (Å²) in [5.41, 5.74) is 4.15. The first-order chi connectivity index (χ1) is 15.0. The Labute approximate surface area is 181 Å². The SMILES string of the molecule is Cc1ccccc1C1CCN(CCNC(=O)N2CCn3nc(C#N)cc3C2)C1.O=CO. The van der Waals surface area contributed by atoms with E-state index in [2.05, 4.69) is 52.6 Å². The van der Waals surface area contributed by atoms with E-state index in [1.54, 1.807) is 11.0 Å². The van der Waals surface area contributed by atoms with Crippen LogP contribution in [0.2, 0.25) is 0 Å². The number of rotatable bonds is 4. The molecule has 0 aliphatic carbocycles. The highest BCUT2D eigenvalue weighted by Gasteiger charge is 2.25. The highest BCUT2D eigenvalue weighted by molar-refractivity contribution is 5.74. The Kier molecular flexibility index (Phi) is 7.62. The molecule has 2 N–H and O–H groups in total. The van der Waals surface area contributed by atoms with Crippen LogP contribution in [0.4, 0.5) is 4.79 Å². The number of carbonyl (C=O) groups is 2. The molecule has 9 heteroatoms. The number of hydrogen-bond acceptors (Lipinski definition) is 5. The van der Waals surface area contributed by atoms with Gasteiger partial charge in [0, 0.05) is 26.2 Å². The van der Waals surface area contributed by atoms with E-state index in [1.807, 2.05) is 4.68 Å². The summed E-state index contributed by atoms with van der Waals surface area (Å²) in [6.07, 6.45) is 1.18. The lowest BCUT2D eigenvalue weighted by molar-refractivity contribution is -0.122. The molecule has 2 aliphatic heterocycles. The van der Waals surface area contributed by atoms with Gasteiger partial charge in [-0.15, -0.1) is 0 Å². The predicted molar refractivity (Wildman–Crippen MR) is 114 cm³/mol. The Morgan fingerprint density at radius 2 is 2.13 bits per heavy atom. The zero-order valence-corrected chi connectivity index (χ0v) is 17.7. The van der Waals surface area contributed by atoms with E-state index in [-0.39, 0.29) is 12.5 Å². The smallest absolute Gasteiger partial charge is 0.317 e. The van der Waals surface area contributed by atoms with E-state index < -0.39 is 0 Å². The molecule has 2 aliphatic rings. The Hall–Kier alpha value is -3.38. The number of hydrogen-bond donors (Lipinski definition) is 2. The van der Waals surface area contributed by atoms with Gasteiger partial charge < -0.3 is 20.2 Å². The number of nitriles is 1. The fourth-order valence-electron chi connectivity index (χ4n) is 4.26. The van der Waals surface area contributed by atoms with E-state index in [0.29, 0.717) is 37.8 Å². The van der Waals surface area contributed by atoms with Gasteiger partial charge in [0.15, 0.2) is 5.69 Å². The summed E-state index contributed by atoms with van der Waals surface area (Å²) in [6, 6.07) is 12.4. The fraction of sp³-hybridized carbons (Fsp3) is 0.455. The van der Waals surface area contributed by atoms with Crippen LogP contribution in [0.1, 0.15) is 34.9 Å². The second-order valence-corrected chi connectivity index (χ2v) is 7.76. The Morgan fingerprint density at radius 1 is 1.35 bits per heavy atom. The van der Waals surface area contributed by atoms with E-state index in [9.17, 15) is 4.79 Å². The average Bonchev–Trinajstić information content (AvgIpc) is 3.40. The fourth-order valence-corrected chi connectivity index (χ4v) is 4.26. The molecular weight excluding hydrogens is 396 g/mol. The number of benzene rings is 1. The van der Waals surface area contributed by atoms with Gasteiger partial charge in [0.1, 0.15) is 6.07 Å². The summed E-state index contributed by atoms with van der Waals surface area (Å²) in [4.78, 5) is 25.1. The molecule has 0 saturated carbocycles. The van der Waals surface area contributed by atoms with Gasteiger partial charge in [-0.2, -0.15) is 10.4 Å². The van der Waals surface area contributed by atoms with Gasteiger partial charge >= 0.3 is 6.03 Å². The lowest BCUT2D eigenvalue weighted by atomic mass is 9.94. The third-order valence-corrected chi connectivity index (χ3v) is 5.80. The normalized spacial score (nSPS) is 17.8. The minimum Gasteiger partial charge on any atom is -0.483 e. The molecule has 164 valence electrons. The van der Waals surface area contributed by atoms with Gasteiger partial charge in [-0.05, 0) is 43.0 Å². The third kappa shape index (κ3) is 5.61. The molecule has 4 rings (SSSR count). The number of nitrogens with one attached hydrogen (secondary N) is 1. The molecule has 2 amide bonds. The van der Waals surface area contributed by atoms with Crippen LogP contribution in [0, 0.1) is 18.3 Å². The van der Waals surface area contributed by atoms with Gasteiger partial charge in [0.25, 0.3) is 6.47 Å². The van der Waals surface area contributed by atoms with Gasteiger partial charge in [0.2, 0.25) is 0 Å². The van der Waals surface area contributed by atoms with Crippen LogP contribution in [0.3, 0.4) is 0 Å². The maximum absolute atomic E-state index is 12.5. The zero-order valence-electron chi connectivity index (χ0n) is 17.7. The monoisotopic (exact) mass is 424 g/mol. The van der Waals surface area contributed by atoms with E-state index >= 15 is 0 Å². The molecule has 2 aromatic rings. The van der Waals surface area contributed by atoms with Crippen LogP contribution in [0.15, 0.2) is 30.3 Å². The van der Waals surface area contributed by atoms with Crippen LogP contribution in [-0.4, -0.2) is 69.9 Å². The summed E-state index contributed by atoms with van der Waals surface area (Å²) in [5.74, 6) is 0.591. The van der Waals surface area contributed by atoms with E-state index in [0.717, 1.165) is 25.3 Å². The molecule has 9 nitrogen and oxygen atoms in total. The molecule has 0 radical (unpaired) electrons. The number of aromatic nitrogens is 2. The van der Waals surface area contributed by atoms with Crippen molar-refractivity contribution in [1.29, 1.82) is 5.26 Å². The first-order valence-electron chi connectivity index (χ1n) is 10.4. The molecule has 3 heterocycles. The van der Waals surface area contributed by atoms with Crippen molar-refractivity contribution in [2.75, 3.05) is 32.7 Å². The molecule has 0 spiro atoms. The first-order valence-corrected chi connectivity index (χ1v) is 10.4. The van der Waals surface area contributed by atoms with Crippen LogP contribution in [-0.2, 0) is 17.9 Å². The van der Waals surface area contributed by atoms with Gasteiger partial charge in [-0.1, -0.05) is 24.3 Å². The van der Waals surface area contributed by atoms with Crippen LogP contribution < -0.4 is 5.32 Å². The summed E-state index contributed by atoms with van der Waals surface area (Å²) in [7, 11) is 0. The number of amides is 2. The molecular formula is C22H28N6O3. The number of carbonyl (C=O) groups excluding carboxylic acids is 1. The van der Waals surface area contributed by atoms with Crippen molar-refractivity contribution in [2.45, 2.75) is 32.4 Å². The number of fused-ring (bicyclic) bond motifs is 1. The van der Waals surface area contributed by atoms with Crippen LogP contribution in [0.25, 0.3) is 0 Å². The number of carboxylic acid groups (broad SMARTS) is 1. The number of nitrogens with zero attached hydrogens (tertiary/aromatic N) is 5. The molecule has 1 fully saturated rings. The van der Waals surface area contributed by atoms with Crippen molar-refractivity contribution in [3.63, 3.8) is 0 Å². The van der Waals surface area contributed by atoms with E-state index in [4.69, 9.17) is 15.2 Å². The molecule has 1 saturated heterocycles. The third-order valence-electron chi connectivity index (χ3n) is 5.80. The summed E-state index contributed by atoms with van der Waals surface area (Å²) < 4.78 is 1.82. The Balaban J connectivity index is 0.000000858. The number of urea groups is 1. The van der Waals surface area contributed by atoms with Gasteiger partial charge in [-0.25, -0.2) is 4.79 Å². The molecule has 1 unspecified atom stereocenters. The number of aryl methyl sites for hydroxylation is 1. The lowest BCUT2D eigenvalue weighted by Gasteiger charge is -2.28. The van der Waals surface area contributed by atoms with Crippen molar-refractivity contribution >= 4 is 12.5 Å². The topological polar surface area (TPSA) is 114 Å². The molecule has 0 bridgehead atoms. The maximum atomic E-state index is 12.5. The lowest BCUT2D eigenvalue weighted by Crippen LogP contribution is -2.46. The summed E-state index contributed by atoms with van der Waals surface area (Å²) in [6.45, 7) is 7.34. The minimum absolute atomic E-state index is 0.0411. The van der Waals surface area contributed by atoms with Crippen molar-refractivity contribution < 1.29 is 14.7 Å². The maximum Gasteiger partial charge on any atom is 0.317 e. The highest BCUT2D eigenvalue weighted by Crippen LogP contribution is 2.28. The van der Waals surface area contributed by atoms with Crippen LogP contribution >= 0.6 is 0 Å². The standard InChI is InChI=1S/C21H26N6O.CH2O2/c1-16-4-2-3-5-20(16)17-6-8-25(14-17)9-7-23-21(28)26-10-11-27-19(15-26)12-18(13-22)24-27;2-1-3/h2-5,12,17H,6-11,14-15H2,1H3,(H,23,28);1H,(H,2,3). The summed E-state index contributed by atoms with van der Waals surface area (Å²) in [5, 5.41) is 23.1. The predicted octanol–water partition coefficient (Wildman–Crippen LogP) is 1.78. The minimum atomic E-state index is -0.250. The van der Waals surface area contributed by atoms with Gasteiger partial charge in [0.05, 0.1) is 18.8 Å². The first kappa shape index (κ1) is 22.3. The average molecular weight is 425 g/mol. The molecule has 31 heavy (non-hydrogen) atoms. The quantitative estimate of drug-likeness (QED) is 0.723. The largest absolute Gasteiger partial charge is 0.483 e. The second-order valence-electron chi connectivity index (χ2n) is 7.76. The van der Waals surface area contributed by atoms with Crippen molar-refractivity contribution in [3.05, 3.63) is 52.8 Å². The van der Waals surface area contributed by atoms with Crippen LogP contribution in [0.5, 0.6) is 0 Å². The van der Waals surface area contributed by atoms with E-state index in [1.165, 1.54) is 17.5 Å².